The highest BCUT2D eigenvalue weighted by atomic mass is 32.1. The van der Waals surface area contributed by atoms with Crippen LogP contribution in [0.5, 0.6) is 0 Å². The number of pyridine rings is 1. The molecule has 18 heavy (non-hydrogen) atoms. The van der Waals surface area contributed by atoms with E-state index in [-0.39, 0.29) is 11.3 Å². The molecule has 0 saturated heterocycles. The second-order valence-electron chi connectivity index (χ2n) is 3.57. The minimum atomic E-state index is -1.19. The summed E-state index contributed by atoms with van der Waals surface area (Å²) >= 11 is 3.65. The molecule has 1 aromatic heterocycles. The Hall–Kier alpha value is -2.14. The molecule has 1 heterocycles. The van der Waals surface area contributed by atoms with Gasteiger partial charge in [0.05, 0.1) is 11.3 Å². The highest BCUT2D eigenvalue weighted by Crippen LogP contribution is 2.19. The standard InChI is InChI=1S/C13H9NO3S/c15-12(16)9-6-7-10(14-11(9)13(17)18)8-4-2-1-3-5-8/h1-7H,(H,15,16)(H,17,18). The minimum absolute atomic E-state index is 0.144. The summed E-state index contributed by atoms with van der Waals surface area (Å²) in [4.78, 5) is 26.3. The molecule has 4 nitrogen and oxygen atoms in total. The Morgan fingerprint density at radius 3 is 2.28 bits per heavy atom. The SMILES string of the molecule is O=C(O)c1ccc(-c2ccccc2)nc1C(=O)S. The number of aromatic carboxylic acids is 1. The molecule has 0 unspecified atom stereocenters. The molecule has 0 aliphatic carbocycles. The van der Waals surface area contributed by atoms with Crippen molar-refractivity contribution in [3.8, 4) is 11.3 Å². The molecule has 0 amide bonds. The van der Waals surface area contributed by atoms with Crippen molar-refractivity contribution in [2.45, 2.75) is 0 Å². The average molecular weight is 259 g/mol. The van der Waals surface area contributed by atoms with Crippen molar-refractivity contribution in [3.63, 3.8) is 0 Å². The van der Waals surface area contributed by atoms with Crippen LogP contribution >= 0.6 is 12.6 Å². The summed E-state index contributed by atoms with van der Waals surface area (Å²) in [6.07, 6.45) is 0. The Morgan fingerprint density at radius 2 is 1.72 bits per heavy atom. The maximum absolute atomic E-state index is 11.3. The third-order valence-corrected chi connectivity index (χ3v) is 2.61. The lowest BCUT2D eigenvalue weighted by Gasteiger charge is -2.05. The van der Waals surface area contributed by atoms with Gasteiger partial charge >= 0.3 is 5.97 Å². The van der Waals surface area contributed by atoms with Crippen molar-refractivity contribution in [2.75, 3.05) is 0 Å². The molecule has 0 bridgehead atoms. The van der Waals surface area contributed by atoms with E-state index in [0.29, 0.717) is 5.69 Å². The fourth-order valence-electron chi connectivity index (χ4n) is 1.56. The zero-order valence-corrected chi connectivity index (χ0v) is 10.1. The van der Waals surface area contributed by atoms with Gasteiger partial charge in [0.15, 0.2) is 0 Å². The first-order chi connectivity index (χ1) is 8.59. The summed E-state index contributed by atoms with van der Waals surface area (Å²) in [5.74, 6) is -1.19. The molecule has 2 rings (SSSR count). The quantitative estimate of drug-likeness (QED) is 0.831. The summed E-state index contributed by atoms with van der Waals surface area (Å²) in [6, 6.07) is 12.1. The second kappa shape index (κ2) is 5.01. The smallest absolute Gasteiger partial charge is 0.338 e. The van der Waals surface area contributed by atoms with E-state index in [1.807, 2.05) is 30.3 Å². The van der Waals surface area contributed by atoms with Gasteiger partial charge in [0.25, 0.3) is 0 Å². The maximum atomic E-state index is 11.3. The molecular formula is C13H9NO3S. The number of carboxylic acids is 1. The lowest BCUT2D eigenvalue weighted by Crippen LogP contribution is -2.08. The van der Waals surface area contributed by atoms with Crippen molar-refractivity contribution in [1.29, 1.82) is 0 Å². The number of carboxylic acid groups (broad SMARTS) is 1. The van der Waals surface area contributed by atoms with E-state index in [4.69, 9.17) is 5.11 Å². The van der Waals surface area contributed by atoms with E-state index in [1.54, 1.807) is 6.07 Å². The van der Waals surface area contributed by atoms with Crippen LogP contribution in [0.15, 0.2) is 42.5 Å². The summed E-state index contributed by atoms with van der Waals surface area (Å²) in [5.41, 5.74) is 1.06. The zero-order valence-electron chi connectivity index (χ0n) is 9.20. The first kappa shape index (κ1) is 12.3. The molecule has 2 aromatic rings. The monoisotopic (exact) mass is 259 g/mol. The Balaban J connectivity index is 2.57. The molecule has 0 spiro atoms. The lowest BCUT2D eigenvalue weighted by molar-refractivity contribution is 0.0693. The van der Waals surface area contributed by atoms with E-state index in [0.717, 1.165) is 5.56 Å². The predicted molar refractivity (Wildman–Crippen MR) is 69.9 cm³/mol. The number of hydrogen-bond donors (Lipinski definition) is 2. The minimum Gasteiger partial charge on any atom is -0.478 e. The van der Waals surface area contributed by atoms with Gasteiger partial charge in [0, 0.05) is 5.56 Å². The predicted octanol–water partition coefficient (Wildman–Crippen LogP) is 2.52. The van der Waals surface area contributed by atoms with Gasteiger partial charge < -0.3 is 5.11 Å². The number of carbonyl (C=O) groups excluding carboxylic acids is 1. The third-order valence-electron chi connectivity index (χ3n) is 2.40. The van der Waals surface area contributed by atoms with Crippen molar-refractivity contribution >= 4 is 23.7 Å². The first-order valence-corrected chi connectivity index (χ1v) is 5.57. The number of benzene rings is 1. The van der Waals surface area contributed by atoms with Crippen molar-refractivity contribution in [3.05, 3.63) is 53.7 Å². The van der Waals surface area contributed by atoms with Crippen LogP contribution in [0.25, 0.3) is 11.3 Å². The van der Waals surface area contributed by atoms with Crippen LogP contribution in [-0.2, 0) is 0 Å². The Morgan fingerprint density at radius 1 is 1.06 bits per heavy atom. The highest BCUT2D eigenvalue weighted by molar-refractivity contribution is 7.97. The van der Waals surface area contributed by atoms with Crippen LogP contribution in [0.4, 0.5) is 0 Å². The van der Waals surface area contributed by atoms with Crippen LogP contribution in [0.2, 0.25) is 0 Å². The van der Waals surface area contributed by atoms with Gasteiger partial charge in [-0.15, -0.1) is 0 Å². The van der Waals surface area contributed by atoms with E-state index >= 15 is 0 Å². The molecular weight excluding hydrogens is 250 g/mol. The maximum Gasteiger partial charge on any atom is 0.338 e. The van der Waals surface area contributed by atoms with Gasteiger partial charge in [0.1, 0.15) is 5.69 Å². The average Bonchev–Trinajstić information content (AvgIpc) is 2.39. The molecule has 1 N–H and O–H groups in total. The van der Waals surface area contributed by atoms with Crippen molar-refractivity contribution < 1.29 is 14.7 Å². The van der Waals surface area contributed by atoms with Crippen molar-refractivity contribution in [2.24, 2.45) is 0 Å². The van der Waals surface area contributed by atoms with Gasteiger partial charge in [-0.3, -0.25) is 4.79 Å². The fourth-order valence-corrected chi connectivity index (χ4v) is 1.73. The summed E-state index contributed by atoms with van der Waals surface area (Å²) in [7, 11) is 0. The molecule has 0 aliphatic rings. The van der Waals surface area contributed by atoms with Crippen LogP contribution in [0.1, 0.15) is 20.8 Å². The molecule has 1 aromatic carbocycles. The molecule has 0 fully saturated rings. The number of nitrogens with zero attached hydrogens (tertiary/aromatic N) is 1. The molecule has 0 aliphatic heterocycles. The van der Waals surface area contributed by atoms with E-state index < -0.39 is 11.1 Å². The number of carbonyl (C=O) groups is 2. The topological polar surface area (TPSA) is 67.3 Å². The molecule has 0 atom stereocenters. The van der Waals surface area contributed by atoms with Gasteiger partial charge in [-0.25, -0.2) is 9.78 Å². The van der Waals surface area contributed by atoms with E-state index in [2.05, 4.69) is 17.6 Å². The Kier molecular flexibility index (Phi) is 3.43. The summed E-state index contributed by atoms with van der Waals surface area (Å²) in [5, 5.41) is 8.29. The van der Waals surface area contributed by atoms with Crippen LogP contribution in [0.3, 0.4) is 0 Å². The molecule has 0 saturated carbocycles. The zero-order chi connectivity index (χ0) is 13.1. The van der Waals surface area contributed by atoms with Gasteiger partial charge in [-0.1, -0.05) is 43.0 Å². The van der Waals surface area contributed by atoms with Crippen LogP contribution in [0, 0.1) is 0 Å². The van der Waals surface area contributed by atoms with Gasteiger partial charge in [-0.2, -0.15) is 0 Å². The summed E-state index contributed by atoms with van der Waals surface area (Å²) < 4.78 is 0. The van der Waals surface area contributed by atoms with Crippen LogP contribution < -0.4 is 0 Å². The lowest BCUT2D eigenvalue weighted by atomic mass is 10.1. The van der Waals surface area contributed by atoms with E-state index in [9.17, 15) is 9.59 Å². The Bertz CT molecular complexity index is 611. The first-order valence-electron chi connectivity index (χ1n) is 5.12. The molecule has 90 valence electrons. The van der Waals surface area contributed by atoms with Gasteiger partial charge in [0.2, 0.25) is 5.12 Å². The largest absolute Gasteiger partial charge is 0.478 e. The number of hydrogen-bond acceptors (Lipinski definition) is 3. The van der Waals surface area contributed by atoms with Gasteiger partial charge in [-0.05, 0) is 12.1 Å². The van der Waals surface area contributed by atoms with E-state index in [1.165, 1.54) is 6.07 Å². The molecule has 0 radical (unpaired) electrons. The highest BCUT2D eigenvalue weighted by Gasteiger charge is 2.16. The normalized spacial score (nSPS) is 10.1. The van der Waals surface area contributed by atoms with Crippen LogP contribution in [-0.4, -0.2) is 21.2 Å². The number of thiol groups is 1. The molecule has 5 heteroatoms. The summed E-state index contributed by atoms with van der Waals surface area (Å²) in [6.45, 7) is 0. The number of aromatic nitrogens is 1. The third kappa shape index (κ3) is 2.41. The number of rotatable bonds is 3. The second-order valence-corrected chi connectivity index (χ2v) is 3.98. The Labute approximate surface area is 109 Å². The van der Waals surface area contributed by atoms with Crippen molar-refractivity contribution in [1.82, 2.24) is 4.98 Å². The fraction of sp³-hybridized carbons (Fsp3) is 0.